The van der Waals surface area contributed by atoms with Crippen LogP contribution in [0.5, 0.6) is 0 Å². The lowest BCUT2D eigenvalue weighted by molar-refractivity contribution is -0.352. The molecule has 0 aliphatic rings. The van der Waals surface area contributed by atoms with Gasteiger partial charge in [0.2, 0.25) is 5.83 Å². The third-order valence-corrected chi connectivity index (χ3v) is 1.94. The molecule has 1 N–H and O–H groups in total. The van der Waals surface area contributed by atoms with E-state index < -0.39 is 41.5 Å². The highest BCUT2D eigenvalue weighted by Gasteiger charge is 2.67. The number of thiol groups is 1. The topological polar surface area (TPSA) is 64.6 Å². The molecule has 0 aliphatic carbocycles. The van der Waals surface area contributed by atoms with E-state index in [1.165, 1.54) is 5.32 Å². The molecular weight excluding hydrogens is 344 g/mol. The monoisotopic (exact) mass is 353 g/mol. The Labute approximate surface area is 125 Å². The molecule has 1 unspecified atom stereocenters. The van der Waals surface area contributed by atoms with Crippen molar-refractivity contribution in [3.63, 3.8) is 0 Å². The lowest BCUT2D eigenvalue weighted by atomic mass is 10.2. The lowest BCUT2D eigenvalue weighted by Crippen LogP contribution is -2.61. The van der Waals surface area contributed by atoms with E-state index in [0.29, 0.717) is 6.20 Å². The number of hydrogen-bond donors (Lipinski definition) is 2. The van der Waals surface area contributed by atoms with Crippen LogP contribution in [0.25, 0.3) is 0 Å². The van der Waals surface area contributed by atoms with Crippen molar-refractivity contribution in [2.75, 3.05) is 6.61 Å². The van der Waals surface area contributed by atoms with Crippen LogP contribution in [0.3, 0.4) is 0 Å². The van der Waals surface area contributed by atoms with Crippen LogP contribution in [0.1, 0.15) is 0 Å². The summed E-state index contributed by atoms with van der Waals surface area (Å²) in [5.74, 6) is -11.1. The zero-order chi connectivity index (χ0) is 17.8. The summed E-state index contributed by atoms with van der Waals surface area (Å²) < 4.78 is 84.1. The van der Waals surface area contributed by atoms with Crippen molar-refractivity contribution in [2.24, 2.45) is 0 Å². The number of alkyl halides is 5. The Balaban J connectivity index is 5.82. The first-order valence-corrected chi connectivity index (χ1v) is 5.52. The molecule has 0 aliphatic heterocycles. The molecule has 0 fully saturated rings. The number of carbonyl (C=O) groups is 2. The van der Waals surface area contributed by atoms with Gasteiger partial charge in [-0.05, 0) is 6.20 Å². The maximum atomic E-state index is 13.0. The predicted octanol–water partition coefficient (Wildman–Crippen LogP) is 2.07. The Hall–Kier alpha value is -1.69. The fraction of sp³-hybridized carbons (Fsp3) is 0.400. The summed E-state index contributed by atoms with van der Waals surface area (Å²) in [6.45, 7) is 3.15. The van der Waals surface area contributed by atoms with Crippen LogP contribution >= 0.6 is 12.6 Å². The summed E-state index contributed by atoms with van der Waals surface area (Å²) in [6, 6.07) is 0. The van der Waals surface area contributed by atoms with Crippen LogP contribution in [-0.2, 0) is 19.1 Å². The summed E-state index contributed by atoms with van der Waals surface area (Å²) in [7, 11) is 0. The van der Waals surface area contributed by atoms with Gasteiger partial charge in [-0.15, -0.1) is 12.6 Å². The van der Waals surface area contributed by atoms with Gasteiger partial charge >= 0.3 is 29.1 Å². The highest BCUT2D eigenvalue weighted by atomic mass is 32.1. The number of nitrogens with one attached hydrogen (secondary N) is 1. The number of halogens is 6. The second kappa shape index (κ2) is 7.05. The average molecular weight is 353 g/mol. The quantitative estimate of drug-likeness (QED) is 0.242. The average Bonchev–Trinajstić information content (AvgIpc) is 2.31. The molecule has 12 heteroatoms. The molecular formula is C10H9F6NO4S. The van der Waals surface area contributed by atoms with E-state index in [4.69, 9.17) is 0 Å². The molecule has 1 amide bonds. The number of esters is 1. The minimum absolute atomic E-state index is 0.434. The van der Waals surface area contributed by atoms with Crippen LogP contribution in [0.15, 0.2) is 25.2 Å². The van der Waals surface area contributed by atoms with Gasteiger partial charge in [-0.25, -0.2) is 4.79 Å². The molecule has 0 rings (SSSR count). The van der Waals surface area contributed by atoms with Crippen molar-refractivity contribution < 1.29 is 45.4 Å². The SMILES string of the molecule is C=CNC(=O)C(OCC(F)(F)S)(OC(=O)C(=C)F)C(F)(F)F. The number of carbonyl (C=O) groups excluding carboxylic acids is 2. The largest absolute Gasteiger partial charge is 0.466 e. The normalized spacial score (nSPS) is 14.7. The maximum absolute atomic E-state index is 13.0. The summed E-state index contributed by atoms with van der Waals surface area (Å²) in [4.78, 5) is 22.4. The summed E-state index contributed by atoms with van der Waals surface area (Å²) in [5, 5.41) is -2.75. The highest BCUT2D eigenvalue weighted by Crippen LogP contribution is 2.37. The van der Waals surface area contributed by atoms with E-state index >= 15 is 0 Å². The molecule has 0 saturated carbocycles. The fourth-order valence-corrected chi connectivity index (χ4v) is 1.04. The first-order chi connectivity index (χ1) is 9.77. The maximum Gasteiger partial charge on any atom is 0.466 e. The second-order valence-corrected chi connectivity index (χ2v) is 4.20. The van der Waals surface area contributed by atoms with Gasteiger partial charge in [-0.3, -0.25) is 4.79 Å². The molecule has 0 aromatic rings. The molecule has 22 heavy (non-hydrogen) atoms. The smallest absolute Gasteiger partial charge is 0.410 e. The zero-order valence-electron chi connectivity index (χ0n) is 10.5. The van der Waals surface area contributed by atoms with E-state index in [-0.39, 0.29) is 0 Å². The third-order valence-electron chi connectivity index (χ3n) is 1.81. The molecule has 0 bridgehead atoms. The summed E-state index contributed by atoms with van der Waals surface area (Å²) >= 11 is 2.60. The second-order valence-electron chi connectivity index (χ2n) is 3.54. The Kier molecular flexibility index (Phi) is 6.51. The standard InChI is InChI=1S/C10H9F6NO4S/c1-3-17-7(19)9(10(14,15)16,20-4-8(12,13)22)21-6(18)5(2)11/h3,22H,1-2,4H2,(H,17,19). The number of amides is 1. The number of ether oxygens (including phenoxy) is 2. The van der Waals surface area contributed by atoms with E-state index in [0.717, 1.165) is 0 Å². The molecule has 0 aromatic heterocycles. The summed E-state index contributed by atoms with van der Waals surface area (Å²) in [5.41, 5.74) is 0. The predicted molar refractivity (Wildman–Crippen MR) is 63.4 cm³/mol. The Bertz CT molecular complexity index is 475. The molecule has 0 saturated heterocycles. The van der Waals surface area contributed by atoms with Gasteiger partial charge in [0.15, 0.2) is 0 Å². The van der Waals surface area contributed by atoms with Crippen LogP contribution in [-0.4, -0.2) is 35.7 Å². The van der Waals surface area contributed by atoms with E-state index in [1.54, 1.807) is 0 Å². The van der Waals surface area contributed by atoms with E-state index in [9.17, 15) is 35.9 Å². The van der Waals surface area contributed by atoms with Gasteiger partial charge in [-0.2, -0.15) is 26.3 Å². The van der Waals surface area contributed by atoms with Crippen molar-refractivity contribution in [3.8, 4) is 0 Å². The summed E-state index contributed by atoms with van der Waals surface area (Å²) in [6.07, 6.45) is -5.40. The molecule has 0 aromatic carbocycles. The fourth-order valence-electron chi connectivity index (χ4n) is 0.972. The van der Waals surface area contributed by atoms with Gasteiger partial charge in [0, 0.05) is 0 Å². The van der Waals surface area contributed by atoms with Crippen LogP contribution in [0, 0.1) is 0 Å². The van der Waals surface area contributed by atoms with E-state index in [1.807, 2.05) is 0 Å². The third kappa shape index (κ3) is 5.26. The zero-order valence-corrected chi connectivity index (χ0v) is 11.4. The molecule has 5 nitrogen and oxygen atoms in total. The molecule has 126 valence electrons. The van der Waals surface area contributed by atoms with Crippen molar-refractivity contribution in [3.05, 3.63) is 25.2 Å². The molecule has 0 spiro atoms. The van der Waals surface area contributed by atoms with Crippen LogP contribution in [0.4, 0.5) is 26.3 Å². The van der Waals surface area contributed by atoms with Crippen LogP contribution in [0.2, 0.25) is 0 Å². The van der Waals surface area contributed by atoms with Crippen molar-refractivity contribution >= 4 is 24.5 Å². The molecule has 0 heterocycles. The van der Waals surface area contributed by atoms with Crippen molar-refractivity contribution in [1.82, 2.24) is 5.32 Å². The molecule has 1 atom stereocenters. The van der Waals surface area contributed by atoms with Gasteiger partial charge < -0.3 is 14.8 Å². The van der Waals surface area contributed by atoms with Crippen molar-refractivity contribution in [1.29, 1.82) is 0 Å². The van der Waals surface area contributed by atoms with Gasteiger partial charge in [0.1, 0.15) is 6.61 Å². The number of rotatable bonds is 7. The van der Waals surface area contributed by atoms with Gasteiger partial charge in [0.25, 0.3) is 0 Å². The van der Waals surface area contributed by atoms with Crippen molar-refractivity contribution in [2.45, 2.75) is 17.2 Å². The molecule has 0 radical (unpaired) electrons. The highest BCUT2D eigenvalue weighted by molar-refractivity contribution is 7.81. The Morgan fingerprint density at radius 1 is 1.23 bits per heavy atom. The first kappa shape index (κ1) is 20.3. The van der Waals surface area contributed by atoms with Gasteiger partial charge in [-0.1, -0.05) is 13.2 Å². The minimum atomic E-state index is -5.83. The first-order valence-electron chi connectivity index (χ1n) is 5.07. The Morgan fingerprint density at radius 2 is 1.73 bits per heavy atom. The Morgan fingerprint density at radius 3 is 2.05 bits per heavy atom. The number of hydrogen-bond acceptors (Lipinski definition) is 5. The van der Waals surface area contributed by atoms with E-state index in [2.05, 4.69) is 35.3 Å². The minimum Gasteiger partial charge on any atom is -0.410 e. The van der Waals surface area contributed by atoms with Gasteiger partial charge in [0.05, 0.1) is 0 Å². The van der Waals surface area contributed by atoms with Crippen LogP contribution < -0.4 is 5.32 Å². The lowest BCUT2D eigenvalue weighted by Gasteiger charge is -2.32.